The van der Waals surface area contributed by atoms with E-state index in [1.807, 2.05) is 13.1 Å². The number of nitrogens with one attached hydrogen (secondary N) is 1. The summed E-state index contributed by atoms with van der Waals surface area (Å²) in [6, 6.07) is 16.6. The van der Waals surface area contributed by atoms with Crippen LogP contribution in [0.2, 0.25) is 10.0 Å². The molecule has 2 aliphatic rings. The van der Waals surface area contributed by atoms with E-state index in [1.54, 1.807) is 55.5 Å². The van der Waals surface area contributed by atoms with E-state index >= 15 is 0 Å². The Labute approximate surface area is 298 Å². The molecule has 0 bridgehead atoms. The summed E-state index contributed by atoms with van der Waals surface area (Å²) in [5, 5.41) is 11.7. The third-order valence-corrected chi connectivity index (χ3v) is 9.39. The second kappa shape index (κ2) is 16.9. The number of nitrogens with zero attached hydrogens (tertiary/aromatic N) is 5. The Morgan fingerprint density at radius 2 is 1.60 bits per heavy atom. The van der Waals surface area contributed by atoms with Crippen LogP contribution in [0.5, 0.6) is 5.75 Å². The number of carbonyl (C=O) groups is 1. The molecule has 3 aromatic carbocycles. The van der Waals surface area contributed by atoms with Crippen molar-refractivity contribution in [1.82, 2.24) is 19.4 Å². The number of halogens is 5. The highest BCUT2D eigenvalue weighted by molar-refractivity contribution is 7.83. The minimum atomic E-state index is -4.64. The van der Waals surface area contributed by atoms with E-state index in [9.17, 15) is 30.9 Å². The number of alkyl halides is 3. The minimum Gasteiger partial charge on any atom is -0.493 e. The van der Waals surface area contributed by atoms with Crippen LogP contribution in [-0.2, 0) is 16.5 Å². The van der Waals surface area contributed by atoms with Crippen LogP contribution >= 0.6 is 23.2 Å². The van der Waals surface area contributed by atoms with Gasteiger partial charge in [-0.1, -0.05) is 47.5 Å². The fourth-order valence-corrected chi connectivity index (χ4v) is 6.33. The molecular weight excluding hydrogens is 720 g/mol. The molecule has 0 aromatic heterocycles. The lowest BCUT2D eigenvalue weighted by Crippen LogP contribution is -2.55. The lowest BCUT2D eigenvalue weighted by Gasteiger charge is -2.38. The summed E-state index contributed by atoms with van der Waals surface area (Å²) in [6.07, 6.45) is -4.03. The highest BCUT2D eigenvalue weighted by Gasteiger charge is 2.45. The van der Waals surface area contributed by atoms with Crippen LogP contribution in [0.3, 0.4) is 0 Å². The molecule has 17 heteroatoms. The molecule has 3 aromatic rings. The molecule has 5 rings (SSSR count). The number of benzene rings is 3. The van der Waals surface area contributed by atoms with Gasteiger partial charge in [-0.15, -0.1) is 0 Å². The lowest BCUT2D eigenvalue weighted by molar-refractivity contribution is -0.137. The maximum atomic E-state index is 14.4. The topological polar surface area (TPSA) is 139 Å². The molecule has 0 saturated carbocycles. The van der Waals surface area contributed by atoms with Crippen molar-refractivity contribution in [2.75, 3.05) is 46.4 Å². The monoisotopic (exact) mass is 754 g/mol. The van der Waals surface area contributed by atoms with Crippen molar-refractivity contribution < 1.29 is 35.7 Å². The van der Waals surface area contributed by atoms with Crippen molar-refractivity contribution in [2.45, 2.75) is 31.6 Å². The van der Waals surface area contributed by atoms with Gasteiger partial charge in [0.15, 0.2) is 0 Å². The van der Waals surface area contributed by atoms with Crippen molar-refractivity contribution in [3.05, 3.63) is 99.0 Å². The van der Waals surface area contributed by atoms with Crippen LogP contribution in [0.25, 0.3) is 0 Å². The first-order valence-electron chi connectivity index (χ1n) is 15.4. The molecule has 2 aliphatic heterocycles. The molecule has 2 heterocycles. The fraction of sp³-hybridized carbons (Fsp3) is 0.364. The third kappa shape index (κ3) is 9.45. The smallest absolute Gasteiger partial charge is 0.416 e. The van der Waals surface area contributed by atoms with Gasteiger partial charge in [0.1, 0.15) is 17.6 Å². The van der Waals surface area contributed by atoms with Gasteiger partial charge >= 0.3 is 22.5 Å². The van der Waals surface area contributed by atoms with Crippen molar-refractivity contribution in [3.8, 4) is 11.8 Å². The average molecular weight is 756 g/mol. The minimum absolute atomic E-state index is 0.0489. The van der Waals surface area contributed by atoms with E-state index in [0.717, 1.165) is 23.0 Å². The van der Waals surface area contributed by atoms with Crippen molar-refractivity contribution >= 4 is 45.4 Å². The highest BCUT2D eigenvalue weighted by atomic mass is 35.5. The van der Waals surface area contributed by atoms with Crippen LogP contribution in [0.1, 0.15) is 47.7 Å². The van der Waals surface area contributed by atoms with Crippen LogP contribution in [0.4, 0.5) is 18.0 Å². The number of amides is 2. The molecule has 2 unspecified atom stereocenters. The maximum Gasteiger partial charge on any atom is 0.416 e. The first-order chi connectivity index (χ1) is 23.7. The fourth-order valence-electron chi connectivity index (χ4n) is 5.46. The second-order valence-electron chi connectivity index (χ2n) is 11.1. The molecule has 2 amide bonds. The summed E-state index contributed by atoms with van der Waals surface area (Å²) in [5.74, 6) is -0.0361. The molecule has 1 fully saturated rings. The maximum absolute atomic E-state index is 14.4. The molecule has 11 nitrogen and oxygen atoms in total. The van der Waals surface area contributed by atoms with Gasteiger partial charge in [-0.3, -0.25) is 14.4 Å². The number of piperazine rings is 1. The SMILES string of the molecule is CCOc1cc(C(F)(F)F)ccc1C1=NC(c2ccc(Cl)cc2)C(c2ccc(Cl)cc2)N1C(=O)N1CCN(S(=O)(=O)O)CC1.CNCCC#N. The molecule has 0 radical (unpaired) electrons. The van der Waals surface area contributed by atoms with Gasteiger partial charge < -0.3 is 15.0 Å². The predicted octanol–water partition coefficient (Wildman–Crippen LogP) is 6.62. The van der Waals surface area contributed by atoms with Crippen LogP contribution in [-0.4, -0.2) is 85.3 Å². The normalized spacial score (nSPS) is 18.2. The van der Waals surface area contributed by atoms with Gasteiger partial charge in [0.2, 0.25) is 0 Å². The van der Waals surface area contributed by atoms with Gasteiger partial charge in [0.05, 0.1) is 29.8 Å². The number of ether oxygens (including phenoxy) is 1. The van der Waals surface area contributed by atoms with Crippen LogP contribution in [0.15, 0.2) is 71.7 Å². The average Bonchev–Trinajstić information content (AvgIpc) is 3.47. The van der Waals surface area contributed by atoms with E-state index < -0.39 is 40.2 Å². The van der Waals surface area contributed by atoms with Crippen molar-refractivity contribution in [3.63, 3.8) is 0 Å². The second-order valence-corrected chi connectivity index (χ2v) is 13.4. The van der Waals surface area contributed by atoms with E-state index in [4.69, 9.17) is 38.2 Å². The molecular formula is C33H35Cl2F3N6O5S. The molecule has 2 N–H and O–H groups in total. The number of hydrogen-bond acceptors (Lipinski definition) is 7. The largest absolute Gasteiger partial charge is 0.493 e. The van der Waals surface area contributed by atoms with E-state index in [-0.39, 0.29) is 49.9 Å². The number of amidine groups is 1. The quantitative estimate of drug-likeness (QED) is 0.195. The van der Waals surface area contributed by atoms with Gasteiger partial charge in [-0.2, -0.15) is 31.2 Å². The summed E-state index contributed by atoms with van der Waals surface area (Å²) in [7, 11) is -2.63. The Kier molecular flexibility index (Phi) is 13.1. The summed E-state index contributed by atoms with van der Waals surface area (Å²) < 4.78 is 80.3. The molecule has 0 spiro atoms. The van der Waals surface area contributed by atoms with E-state index in [2.05, 4.69) is 5.32 Å². The molecule has 50 heavy (non-hydrogen) atoms. The predicted molar refractivity (Wildman–Crippen MR) is 184 cm³/mol. The lowest BCUT2D eigenvalue weighted by atomic mass is 9.93. The van der Waals surface area contributed by atoms with Gasteiger partial charge in [0.25, 0.3) is 0 Å². The van der Waals surface area contributed by atoms with E-state index in [0.29, 0.717) is 27.6 Å². The Morgan fingerprint density at radius 3 is 2.08 bits per heavy atom. The molecule has 0 aliphatic carbocycles. The Bertz CT molecular complexity index is 1820. The Balaban J connectivity index is 0.000000860. The summed E-state index contributed by atoms with van der Waals surface area (Å²) in [5.41, 5.74) is 0.567. The molecule has 1 saturated heterocycles. The number of rotatable bonds is 8. The standard InChI is InChI=1S/C29H27Cl2F3N4O5S.C4H8N2/c1-2-43-24-17-20(29(32,33)34)7-12-23(24)27-35-25(18-3-8-21(30)9-4-18)26(19-5-10-22(31)11-6-19)38(27)28(39)36-13-15-37(16-14-36)44(40,41)42;1-6-4-2-3-5/h3-12,17,25-26H,2,13-16H2,1H3,(H,40,41,42);6H,2,4H2,1H3. The zero-order chi connectivity index (χ0) is 36.6. The number of carbonyl (C=O) groups excluding carboxylic acids is 1. The molecule has 268 valence electrons. The zero-order valence-electron chi connectivity index (χ0n) is 27.1. The Hall–Kier alpha value is -3.91. The van der Waals surface area contributed by atoms with E-state index in [1.165, 1.54) is 15.9 Å². The number of aliphatic imine (C=N–C) groups is 1. The first-order valence-corrected chi connectivity index (χ1v) is 17.6. The summed E-state index contributed by atoms with van der Waals surface area (Å²) in [6.45, 7) is 2.08. The van der Waals surface area contributed by atoms with Crippen molar-refractivity contribution in [2.24, 2.45) is 4.99 Å². The van der Waals surface area contributed by atoms with Crippen molar-refractivity contribution in [1.29, 1.82) is 5.26 Å². The Morgan fingerprint density at radius 1 is 1.02 bits per heavy atom. The van der Waals surface area contributed by atoms with Gasteiger partial charge in [-0.25, -0.2) is 4.79 Å². The summed E-state index contributed by atoms with van der Waals surface area (Å²) in [4.78, 5) is 22.1. The highest BCUT2D eigenvalue weighted by Crippen LogP contribution is 2.46. The number of nitriles is 1. The van der Waals surface area contributed by atoms with Crippen LogP contribution in [0, 0.1) is 11.3 Å². The first kappa shape index (κ1) is 38.9. The van der Waals surface area contributed by atoms with Gasteiger partial charge in [-0.05, 0) is 67.6 Å². The molecule has 2 atom stereocenters. The van der Waals surface area contributed by atoms with Gasteiger partial charge in [0, 0.05) is 49.2 Å². The number of hydrogen-bond donors (Lipinski definition) is 2. The number of urea groups is 1. The third-order valence-electron chi connectivity index (χ3n) is 7.87. The summed E-state index contributed by atoms with van der Waals surface area (Å²) >= 11 is 12.3. The zero-order valence-corrected chi connectivity index (χ0v) is 29.4. The van der Waals surface area contributed by atoms with Crippen LogP contribution < -0.4 is 10.1 Å².